The number of hydrogen-bond acceptors (Lipinski definition) is 2. The Kier molecular flexibility index (Phi) is 5.90. The van der Waals surface area contributed by atoms with Crippen molar-refractivity contribution in [3.05, 3.63) is 23.3 Å². The lowest BCUT2D eigenvalue weighted by atomic mass is 9.44. The fourth-order valence-electron chi connectivity index (χ4n) is 8.92. The van der Waals surface area contributed by atoms with Crippen LogP contribution in [0.15, 0.2) is 23.3 Å². The molecule has 3 saturated carbocycles. The molecule has 8 atom stereocenters. The standard InChI is InChI=1S/C29H46O2/c1-18(2)9-8-10-19(3)22-17-23(30)26-20-11-12-24-27(4,5)25(31)14-16-28(24,6)21(20)13-15-29(22,26)7/h9,12,19-22,25-26,31H,8,10-11,13-17H2,1-7H3/t19-,20-,21+,22-,25-,26-,28-,29-/m1/s1. The minimum Gasteiger partial charge on any atom is -0.392 e. The second-order valence-electron chi connectivity index (χ2n) is 13.0. The summed E-state index contributed by atoms with van der Waals surface area (Å²) in [5.41, 5.74) is 3.08. The van der Waals surface area contributed by atoms with Crippen LogP contribution < -0.4 is 0 Å². The highest BCUT2D eigenvalue weighted by atomic mass is 16.3. The molecule has 4 rings (SSSR count). The maximum absolute atomic E-state index is 13.5. The summed E-state index contributed by atoms with van der Waals surface area (Å²) in [5, 5.41) is 10.7. The van der Waals surface area contributed by atoms with Crippen LogP contribution in [0.25, 0.3) is 0 Å². The van der Waals surface area contributed by atoms with Crippen LogP contribution in [0, 0.1) is 45.8 Å². The van der Waals surface area contributed by atoms with Gasteiger partial charge in [0.05, 0.1) is 6.10 Å². The number of fused-ring (bicyclic) bond motifs is 5. The van der Waals surface area contributed by atoms with Crippen molar-refractivity contribution in [2.75, 3.05) is 0 Å². The van der Waals surface area contributed by atoms with Crippen LogP contribution in [0.2, 0.25) is 0 Å². The Morgan fingerprint density at radius 1 is 1.19 bits per heavy atom. The van der Waals surface area contributed by atoms with Crippen molar-refractivity contribution in [3.8, 4) is 0 Å². The number of allylic oxidation sites excluding steroid dienone is 3. The summed E-state index contributed by atoms with van der Waals surface area (Å²) < 4.78 is 0. The van der Waals surface area contributed by atoms with Gasteiger partial charge in [-0.15, -0.1) is 0 Å². The van der Waals surface area contributed by atoms with Gasteiger partial charge >= 0.3 is 0 Å². The first-order valence-electron chi connectivity index (χ1n) is 13.0. The second-order valence-corrected chi connectivity index (χ2v) is 13.0. The van der Waals surface area contributed by atoms with E-state index in [4.69, 9.17) is 0 Å². The third-order valence-electron chi connectivity index (χ3n) is 10.6. The first-order chi connectivity index (χ1) is 14.4. The van der Waals surface area contributed by atoms with Crippen LogP contribution in [-0.4, -0.2) is 17.0 Å². The molecular weight excluding hydrogens is 380 g/mol. The summed E-state index contributed by atoms with van der Waals surface area (Å²) in [6.45, 7) is 16.2. The number of aliphatic hydroxyl groups excluding tert-OH is 1. The normalized spacial score (nSPS) is 44.6. The van der Waals surface area contributed by atoms with Gasteiger partial charge in [0.2, 0.25) is 0 Å². The molecular formula is C29H46O2. The molecule has 0 spiro atoms. The Morgan fingerprint density at radius 3 is 2.58 bits per heavy atom. The summed E-state index contributed by atoms with van der Waals surface area (Å²) in [6.07, 6.45) is 13.2. The lowest BCUT2D eigenvalue weighted by Crippen LogP contribution is -2.55. The Hall–Kier alpha value is -0.890. The van der Waals surface area contributed by atoms with E-state index in [2.05, 4.69) is 60.6 Å². The van der Waals surface area contributed by atoms with Crippen LogP contribution in [-0.2, 0) is 4.79 Å². The third kappa shape index (κ3) is 3.51. The molecule has 0 aromatic rings. The fourth-order valence-corrected chi connectivity index (χ4v) is 8.92. The van der Waals surface area contributed by atoms with Gasteiger partial charge in [-0.05, 0) is 93.3 Å². The smallest absolute Gasteiger partial charge is 0.137 e. The quantitative estimate of drug-likeness (QED) is 0.486. The molecule has 0 aromatic carbocycles. The van der Waals surface area contributed by atoms with Gasteiger partial charge in [0.15, 0.2) is 0 Å². The molecule has 0 radical (unpaired) electrons. The van der Waals surface area contributed by atoms with Gasteiger partial charge in [-0.25, -0.2) is 0 Å². The van der Waals surface area contributed by atoms with Gasteiger partial charge in [0, 0.05) is 17.8 Å². The van der Waals surface area contributed by atoms with E-state index in [0.717, 1.165) is 32.1 Å². The SMILES string of the molecule is CC(C)=CCC[C@@H](C)[C@H]1CC(=O)[C@H]2[C@@H]3CC=C4C(C)(C)[C@H](O)CC[C@]4(C)[C@H]3CC[C@]12C. The summed E-state index contributed by atoms with van der Waals surface area (Å²) in [5.74, 6) is 3.06. The van der Waals surface area contributed by atoms with Crippen molar-refractivity contribution in [1.29, 1.82) is 0 Å². The lowest BCUT2D eigenvalue weighted by Gasteiger charge is -2.60. The number of Topliss-reactive ketones (excluding diaryl/α,β-unsaturated/α-hetero) is 1. The second kappa shape index (κ2) is 7.86. The van der Waals surface area contributed by atoms with Crippen LogP contribution >= 0.6 is 0 Å². The van der Waals surface area contributed by atoms with E-state index in [-0.39, 0.29) is 28.3 Å². The van der Waals surface area contributed by atoms with Gasteiger partial charge in [-0.1, -0.05) is 57.9 Å². The molecule has 0 aromatic heterocycles. The van der Waals surface area contributed by atoms with Crippen LogP contribution in [0.5, 0.6) is 0 Å². The Labute approximate surface area is 191 Å². The molecule has 2 nitrogen and oxygen atoms in total. The zero-order chi connectivity index (χ0) is 22.8. The van der Waals surface area contributed by atoms with Crippen LogP contribution in [0.3, 0.4) is 0 Å². The first kappa shape index (κ1) is 23.3. The summed E-state index contributed by atoms with van der Waals surface area (Å²) >= 11 is 0. The van der Waals surface area contributed by atoms with Gasteiger partial charge < -0.3 is 5.11 Å². The van der Waals surface area contributed by atoms with Gasteiger partial charge in [0.1, 0.15) is 5.78 Å². The molecule has 0 saturated heterocycles. The molecule has 1 N–H and O–H groups in total. The number of carbonyl (C=O) groups excluding carboxylic acids is 1. The lowest BCUT2D eigenvalue weighted by molar-refractivity contribution is -0.131. The van der Waals surface area contributed by atoms with E-state index in [1.807, 2.05) is 0 Å². The van der Waals surface area contributed by atoms with Crippen molar-refractivity contribution < 1.29 is 9.90 Å². The largest absolute Gasteiger partial charge is 0.392 e. The monoisotopic (exact) mass is 426 g/mol. The van der Waals surface area contributed by atoms with Crippen molar-refractivity contribution >= 4 is 5.78 Å². The Morgan fingerprint density at radius 2 is 1.90 bits per heavy atom. The molecule has 3 fully saturated rings. The predicted octanol–water partition coefficient (Wildman–Crippen LogP) is 7.12. The van der Waals surface area contributed by atoms with Gasteiger partial charge in [-0.2, -0.15) is 0 Å². The van der Waals surface area contributed by atoms with Gasteiger partial charge in [-0.3, -0.25) is 4.79 Å². The summed E-state index contributed by atoms with van der Waals surface area (Å²) in [4.78, 5) is 13.5. The van der Waals surface area contributed by atoms with E-state index in [1.54, 1.807) is 0 Å². The minimum atomic E-state index is -0.239. The van der Waals surface area contributed by atoms with Crippen LogP contribution in [0.1, 0.15) is 99.8 Å². The molecule has 0 aliphatic heterocycles. The molecule has 4 aliphatic carbocycles. The molecule has 31 heavy (non-hydrogen) atoms. The predicted molar refractivity (Wildman–Crippen MR) is 129 cm³/mol. The highest BCUT2D eigenvalue weighted by molar-refractivity contribution is 5.85. The van der Waals surface area contributed by atoms with Crippen molar-refractivity contribution in [3.63, 3.8) is 0 Å². The maximum Gasteiger partial charge on any atom is 0.137 e. The van der Waals surface area contributed by atoms with Crippen molar-refractivity contribution in [2.45, 2.75) is 106 Å². The zero-order valence-electron chi connectivity index (χ0n) is 21.1. The molecule has 0 unspecified atom stereocenters. The maximum atomic E-state index is 13.5. The fraction of sp³-hybridized carbons (Fsp3) is 0.828. The molecule has 0 heterocycles. The van der Waals surface area contributed by atoms with Crippen molar-refractivity contribution in [2.24, 2.45) is 45.8 Å². The number of carbonyl (C=O) groups is 1. The zero-order valence-corrected chi connectivity index (χ0v) is 21.1. The van der Waals surface area contributed by atoms with Gasteiger partial charge in [0.25, 0.3) is 0 Å². The van der Waals surface area contributed by atoms with E-state index < -0.39 is 0 Å². The van der Waals surface area contributed by atoms with E-state index in [0.29, 0.717) is 29.5 Å². The average molecular weight is 427 g/mol. The van der Waals surface area contributed by atoms with E-state index >= 15 is 0 Å². The average Bonchev–Trinajstić information content (AvgIpc) is 2.96. The summed E-state index contributed by atoms with van der Waals surface area (Å²) in [7, 11) is 0. The molecule has 0 bridgehead atoms. The highest BCUT2D eigenvalue weighted by Gasteiger charge is 2.63. The van der Waals surface area contributed by atoms with E-state index in [1.165, 1.54) is 30.4 Å². The molecule has 2 heteroatoms. The number of hydrogen-bond donors (Lipinski definition) is 1. The number of ketones is 1. The Balaban J connectivity index is 1.61. The van der Waals surface area contributed by atoms with Crippen molar-refractivity contribution in [1.82, 2.24) is 0 Å². The van der Waals surface area contributed by atoms with Crippen LogP contribution in [0.4, 0.5) is 0 Å². The first-order valence-corrected chi connectivity index (χ1v) is 13.0. The minimum absolute atomic E-state index is 0.139. The number of aliphatic hydroxyl groups is 1. The Bertz CT molecular complexity index is 785. The highest BCUT2D eigenvalue weighted by Crippen LogP contribution is 2.68. The number of rotatable bonds is 4. The molecule has 174 valence electrons. The summed E-state index contributed by atoms with van der Waals surface area (Å²) in [6, 6.07) is 0. The molecule has 0 amide bonds. The third-order valence-corrected chi connectivity index (χ3v) is 10.6. The molecule has 4 aliphatic rings. The van der Waals surface area contributed by atoms with E-state index in [9.17, 15) is 9.90 Å². The topological polar surface area (TPSA) is 37.3 Å².